The van der Waals surface area contributed by atoms with Gasteiger partial charge >= 0.3 is 0 Å². The van der Waals surface area contributed by atoms with Crippen LogP contribution in [-0.4, -0.2) is 32.1 Å². The molecule has 0 radical (unpaired) electrons. The van der Waals surface area contributed by atoms with Gasteiger partial charge in [0.25, 0.3) is 5.91 Å². The number of anilines is 1. The van der Waals surface area contributed by atoms with Crippen molar-refractivity contribution in [3.8, 4) is 5.75 Å². The number of unbranched alkanes of at least 4 members (excludes halogenated alkanes) is 1. The number of halogens is 1. The number of benzene rings is 2. The van der Waals surface area contributed by atoms with Crippen LogP contribution in [0.2, 0.25) is 0 Å². The molecule has 0 fully saturated rings. The lowest BCUT2D eigenvalue weighted by atomic mass is 10.2. The summed E-state index contributed by atoms with van der Waals surface area (Å²) in [6.45, 7) is 6.29. The number of sulfonamides is 1. The van der Waals surface area contributed by atoms with Gasteiger partial charge in [-0.1, -0.05) is 36.2 Å². The number of hydrogen-bond donors (Lipinski definition) is 3. The monoisotopic (exact) mass is 541 g/mol. The third kappa shape index (κ3) is 7.84. The minimum Gasteiger partial charge on any atom is -0.493 e. The molecule has 0 aliphatic heterocycles. The molecule has 0 saturated carbocycles. The lowest BCUT2D eigenvalue weighted by molar-refractivity contribution is 0.0973. The van der Waals surface area contributed by atoms with Gasteiger partial charge in [0.05, 0.1) is 17.1 Å². The average Bonchev–Trinajstić information content (AvgIpc) is 2.74. The third-order valence-electron chi connectivity index (χ3n) is 4.56. The number of nitrogens with one attached hydrogen (secondary N) is 3. The van der Waals surface area contributed by atoms with Crippen LogP contribution >= 0.6 is 28.1 Å². The summed E-state index contributed by atoms with van der Waals surface area (Å²) in [6.07, 6.45) is 2.56. The van der Waals surface area contributed by atoms with Gasteiger partial charge in [0, 0.05) is 16.2 Å². The van der Waals surface area contributed by atoms with E-state index in [0.29, 0.717) is 30.0 Å². The number of carbonyl (C=O) groups is 1. The Hall–Kier alpha value is -2.01. The first-order valence-electron chi connectivity index (χ1n) is 10.3. The molecule has 174 valence electrons. The third-order valence-corrected chi connectivity index (χ3v) is 6.86. The first-order chi connectivity index (χ1) is 15.2. The van der Waals surface area contributed by atoms with E-state index in [1.165, 1.54) is 12.1 Å². The predicted molar refractivity (Wildman–Crippen MR) is 135 cm³/mol. The molecule has 10 heteroatoms. The number of amides is 1. The first kappa shape index (κ1) is 26.2. The van der Waals surface area contributed by atoms with Crippen molar-refractivity contribution in [2.75, 3.05) is 11.9 Å². The number of rotatable bonds is 10. The fourth-order valence-corrected chi connectivity index (χ4v) is 4.50. The lowest BCUT2D eigenvalue weighted by Crippen LogP contribution is -2.34. The molecular formula is C22H28BrN3O4S2. The molecule has 1 amide bonds. The smallest absolute Gasteiger partial charge is 0.261 e. The maximum atomic E-state index is 12.7. The van der Waals surface area contributed by atoms with Gasteiger partial charge in [0.15, 0.2) is 5.11 Å². The fourth-order valence-electron chi connectivity index (χ4n) is 2.60. The standard InChI is InChI=1S/C22H28BrN3O4S2/c1-4-6-13-30-20-12-7-16(23)14-19(20)21(27)25-22(31)24-17-8-10-18(11-9-17)32(28,29)26-15(3)5-2/h7-12,14-15,26H,4-6,13H2,1-3H3,(H2,24,25,27,31). The Bertz CT molecular complexity index is 1040. The Kier molecular flexibility index (Phi) is 10.1. The Morgan fingerprint density at radius 1 is 1.16 bits per heavy atom. The summed E-state index contributed by atoms with van der Waals surface area (Å²) < 4.78 is 33.8. The summed E-state index contributed by atoms with van der Waals surface area (Å²) >= 11 is 8.62. The molecule has 0 aliphatic rings. The predicted octanol–water partition coefficient (Wildman–Crippen LogP) is 4.83. The molecule has 0 saturated heterocycles. The maximum Gasteiger partial charge on any atom is 0.261 e. The van der Waals surface area contributed by atoms with Gasteiger partial charge < -0.3 is 10.1 Å². The van der Waals surface area contributed by atoms with E-state index in [2.05, 4.69) is 38.2 Å². The first-order valence-corrected chi connectivity index (χ1v) is 13.0. The molecular weight excluding hydrogens is 514 g/mol. The van der Waals surface area contributed by atoms with Crippen LogP contribution in [0.3, 0.4) is 0 Å². The second-order valence-corrected chi connectivity index (χ2v) is 10.2. The van der Waals surface area contributed by atoms with Crippen LogP contribution in [0.25, 0.3) is 0 Å². The van der Waals surface area contributed by atoms with E-state index in [9.17, 15) is 13.2 Å². The largest absolute Gasteiger partial charge is 0.493 e. The van der Waals surface area contributed by atoms with Crippen molar-refractivity contribution in [2.24, 2.45) is 0 Å². The molecule has 1 atom stereocenters. The summed E-state index contributed by atoms with van der Waals surface area (Å²) in [5, 5.41) is 5.61. The molecule has 0 spiro atoms. The van der Waals surface area contributed by atoms with E-state index in [1.807, 2.05) is 6.92 Å². The molecule has 3 N–H and O–H groups in total. The molecule has 7 nitrogen and oxygen atoms in total. The summed E-state index contributed by atoms with van der Waals surface area (Å²) in [5.74, 6) is 0.0672. The molecule has 0 aromatic heterocycles. The normalized spacial score (nSPS) is 12.1. The number of thiocarbonyl (C=S) groups is 1. The zero-order valence-electron chi connectivity index (χ0n) is 18.3. The van der Waals surface area contributed by atoms with Crippen molar-refractivity contribution < 1.29 is 17.9 Å². The van der Waals surface area contributed by atoms with Crippen LogP contribution in [0.4, 0.5) is 5.69 Å². The van der Waals surface area contributed by atoms with Crippen molar-refractivity contribution in [1.29, 1.82) is 0 Å². The highest BCUT2D eigenvalue weighted by atomic mass is 79.9. The van der Waals surface area contributed by atoms with E-state index < -0.39 is 15.9 Å². The van der Waals surface area contributed by atoms with Crippen LogP contribution in [0.1, 0.15) is 50.4 Å². The number of ether oxygens (including phenoxy) is 1. The molecule has 32 heavy (non-hydrogen) atoms. The summed E-state index contributed by atoms with van der Waals surface area (Å²) in [4.78, 5) is 12.9. The second kappa shape index (κ2) is 12.3. The van der Waals surface area contributed by atoms with E-state index >= 15 is 0 Å². The van der Waals surface area contributed by atoms with Gasteiger partial charge in [0.1, 0.15) is 5.75 Å². The zero-order chi connectivity index (χ0) is 23.7. The quantitative estimate of drug-likeness (QED) is 0.294. The van der Waals surface area contributed by atoms with Crippen LogP contribution in [-0.2, 0) is 10.0 Å². The fraction of sp³-hybridized carbons (Fsp3) is 0.364. The Balaban J connectivity index is 2.04. The highest BCUT2D eigenvalue weighted by Gasteiger charge is 2.17. The average molecular weight is 543 g/mol. The minimum absolute atomic E-state index is 0.0859. The highest BCUT2D eigenvalue weighted by Crippen LogP contribution is 2.24. The second-order valence-electron chi connectivity index (χ2n) is 7.21. The van der Waals surface area contributed by atoms with Crippen molar-refractivity contribution in [1.82, 2.24) is 10.0 Å². The van der Waals surface area contributed by atoms with Crippen molar-refractivity contribution >= 4 is 54.9 Å². The van der Waals surface area contributed by atoms with Gasteiger partial charge in [-0.3, -0.25) is 10.1 Å². The number of carbonyl (C=O) groups excluding carboxylic acids is 1. The van der Waals surface area contributed by atoms with E-state index in [4.69, 9.17) is 17.0 Å². The molecule has 2 rings (SSSR count). The van der Waals surface area contributed by atoms with Crippen LogP contribution in [0.15, 0.2) is 51.8 Å². The number of hydrogen-bond acceptors (Lipinski definition) is 5. The molecule has 1 unspecified atom stereocenters. The van der Waals surface area contributed by atoms with Gasteiger partial charge in [-0.15, -0.1) is 0 Å². The van der Waals surface area contributed by atoms with Crippen LogP contribution < -0.4 is 20.1 Å². The zero-order valence-corrected chi connectivity index (χ0v) is 21.5. The molecule has 0 bridgehead atoms. The van der Waals surface area contributed by atoms with Gasteiger partial charge in [-0.25, -0.2) is 13.1 Å². The van der Waals surface area contributed by atoms with Crippen molar-refractivity contribution in [2.45, 2.75) is 51.0 Å². The van der Waals surface area contributed by atoms with Gasteiger partial charge in [-0.05, 0) is 74.4 Å². The molecule has 2 aromatic carbocycles. The van der Waals surface area contributed by atoms with Crippen molar-refractivity contribution in [3.05, 3.63) is 52.5 Å². The maximum absolute atomic E-state index is 12.7. The summed E-state index contributed by atoms with van der Waals surface area (Å²) in [6, 6.07) is 11.2. The summed E-state index contributed by atoms with van der Waals surface area (Å²) in [5.41, 5.74) is 0.906. The minimum atomic E-state index is -3.59. The molecule has 0 aliphatic carbocycles. The lowest BCUT2D eigenvalue weighted by Gasteiger charge is -2.14. The molecule has 0 heterocycles. The van der Waals surface area contributed by atoms with E-state index in [1.54, 1.807) is 37.3 Å². The topological polar surface area (TPSA) is 96.5 Å². The van der Waals surface area contributed by atoms with E-state index in [-0.39, 0.29) is 16.0 Å². The Morgan fingerprint density at radius 3 is 2.47 bits per heavy atom. The Labute approximate surface area is 203 Å². The Morgan fingerprint density at radius 2 is 1.84 bits per heavy atom. The molecule has 2 aromatic rings. The van der Waals surface area contributed by atoms with Crippen LogP contribution in [0, 0.1) is 0 Å². The summed E-state index contributed by atoms with van der Waals surface area (Å²) in [7, 11) is -3.59. The van der Waals surface area contributed by atoms with E-state index in [0.717, 1.165) is 17.3 Å². The van der Waals surface area contributed by atoms with Gasteiger partial charge in [-0.2, -0.15) is 0 Å². The van der Waals surface area contributed by atoms with Gasteiger partial charge in [0.2, 0.25) is 10.0 Å². The SMILES string of the molecule is CCCCOc1ccc(Br)cc1C(=O)NC(=S)Nc1ccc(S(=O)(=O)NC(C)CC)cc1. The highest BCUT2D eigenvalue weighted by molar-refractivity contribution is 9.10. The van der Waals surface area contributed by atoms with Crippen molar-refractivity contribution in [3.63, 3.8) is 0 Å². The van der Waals surface area contributed by atoms with Crippen LogP contribution in [0.5, 0.6) is 5.75 Å².